The van der Waals surface area contributed by atoms with Crippen molar-refractivity contribution in [1.82, 2.24) is 0 Å². The van der Waals surface area contributed by atoms with Gasteiger partial charge in [-0.3, -0.25) is 19.3 Å². The highest BCUT2D eigenvalue weighted by atomic mass is 16.5. The maximum atomic E-state index is 13.6. The third-order valence-corrected chi connectivity index (χ3v) is 9.64. The van der Waals surface area contributed by atoms with Crippen LogP contribution in [0.4, 0.5) is 5.69 Å². The van der Waals surface area contributed by atoms with Gasteiger partial charge in [0.2, 0.25) is 17.6 Å². The maximum Gasteiger partial charge on any atom is 0.338 e. The Kier molecular flexibility index (Phi) is 7.53. The Morgan fingerprint density at radius 1 is 0.756 bits per heavy atom. The van der Waals surface area contributed by atoms with Crippen LogP contribution in [-0.2, 0) is 20.9 Å². The Morgan fingerprint density at radius 2 is 1.38 bits per heavy atom. The van der Waals surface area contributed by atoms with E-state index < -0.39 is 12.1 Å². The lowest BCUT2D eigenvalue weighted by Crippen LogP contribution is -2.33. The van der Waals surface area contributed by atoms with Crippen LogP contribution >= 0.6 is 0 Å². The Labute approximate surface area is 261 Å². The number of ketones is 1. The van der Waals surface area contributed by atoms with Crippen LogP contribution in [0.15, 0.2) is 109 Å². The van der Waals surface area contributed by atoms with E-state index in [0.29, 0.717) is 29.5 Å². The minimum absolute atomic E-state index is 0.143. The minimum atomic E-state index is -1.01. The molecule has 4 aromatic carbocycles. The number of anilines is 1. The molecular weight excluding hydrogens is 566 g/mol. The van der Waals surface area contributed by atoms with Gasteiger partial charge in [0.15, 0.2) is 6.10 Å². The first kappa shape index (κ1) is 28.7. The molecule has 2 amide bonds. The number of esters is 1. The number of benzene rings is 4. The summed E-state index contributed by atoms with van der Waals surface area (Å²) in [6, 6.07) is 33.0. The highest BCUT2D eigenvalue weighted by Crippen LogP contribution is 2.61. The number of carbonyl (C=O) groups excluding carboxylic acids is 4. The number of amides is 2. The van der Waals surface area contributed by atoms with Crippen LogP contribution in [0.5, 0.6) is 5.75 Å². The summed E-state index contributed by atoms with van der Waals surface area (Å²) in [5.41, 5.74) is 3.36. The van der Waals surface area contributed by atoms with Gasteiger partial charge < -0.3 is 9.47 Å². The van der Waals surface area contributed by atoms with Crippen LogP contribution in [0.1, 0.15) is 57.5 Å². The summed E-state index contributed by atoms with van der Waals surface area (Å²) in [6.45, 7) is 1.95. The fraction of sp³-hybridized carbons (Fsp3) is 0.263. The predicted octanol–water partition coefficient (Wildman–Crippen LogP) is 6.62. The average Bonchev–Trinajstić information content (AvgIpc) is 3.75. The fourth-order valence-corrected chi connectivity index (χ4v) is 7.52. The lowest BCUT2D eigenvalue weighted by atomic mass is 9.73. The molecule has 226 valence electrons. The zero-order chi connectivity index (χ0) is 31.1. The number of hydrogen-bond donors (Lipinski definition) is 0. The topological polar surface area (TPSA) is 90.0 Å². The first-order chi connectivity index (χ1) is 21.9. The summed E-state index contributed by atoms with van der Waals surface area (Å²) in [6.07, 6.45) is 0.826. The van der Waals surface area contributed by atoms with Crippen LogP contribution in [0.2, 0.25) is 0 Å². The summed E-state index contributed by atoms with van der Waals surface area (Å²) in [7, 11) is 0. The Bertz CT molecular complexity index is 1730. The quantitative estimate of drug-likeness (QED) is 0.122. The molecular formula is C38H33NO6. The molecule has 4 aromatic rings. The molecule has 7 nitrogen and oxygen atoms in total. The van der Waals surface area contributed by atoms with Crippen LogP contribution in [0, 0.1) is 23.7 Å². The number of nitrogens with zero attached hydrogens (tertiary/aromatic N) is 1. The van der Waals surface area contributed by atoms with E-state index in [0.717, 1.165) is 18.4 Å². The number of fused-ring (bicyclic) bond motifs is 5. The number of hydrogen-bond acceptors (Lipinski definition) is 6. The van der Waals surface area contributed by atoms with E-state index in [1.807, 2.05) is 48.5 Å². The molecule has 3 aliphatic rings. The van der Waals surface area contributed by atoms with E-state index in [1.54, 1.807) is 36.4 Å². The van der Waals surface area contributed by atoms with Crippen molar-refractivity contribution in [3.8, 4) is 5.75 Å². The van der Waals surface area contributed by atoms with E-state index in [-0.39, 0.29) is 46.8 Å². The maximum absolute atomic E-state index is 13.6. The molecule has 0 unspecified atom stereocenters. The zero-order valence-electron chi connectivity index (χ0n) is 24.9. The second-order valence-electron chi connectivity index (χ2n) is 12.2. The molecule has 0 N–H and O–H groups in total. The smallest absolute Gasteiger partial charge is 0.338 e. The molecule has 45 heavy (non-hydrogen) atoms. The second kappa shape index (κ2) is 11.8. The van der Waals surface area contributed by atoms with E-state index in [9.17, 15) is 19.2 Å². The first-order valence-electron chi connectivity index (χ1n) is 15.4. The molecule has 6 atom stereocenters. The van der Waals surface area contributed by atoms with Crippen LogP contribution in [0.25, 0.3) is 0 Å². The van der Waals surface area contributed by atoms with Gasteiger partial charge in [-0.25, -0.2) is 4.79 Å². The average molecular weight is 600 g/mol. The predicted molar refractivity (Wildman–Crippen MR) is 168 cm³/mol. The van der Waals surface area contributed by atoms with E-state index in [2.05, 4.69) is 12.1 Å². The van der Waals surface area contributed by atoms with Gasteiger partial charge in [-0.05, 0) is 97.2 Å². The van der Waals surface area contributed by atoms with Crippen LogP contribution in [-0.4, -0.2) is 29.7 Å². The van der Waals surface area contributed by atoms with Gasteiger partial charge in [-0.1, -0.05) is 60.7 Å². The van der Waals surface area contributed by atoms with Crippen molar-refractivity contribution in [2.75, 3.05) is 4.90 Å². The number of carbonyl (C=O) groups is 4. The molecule has 2 saturated carbocycles. The summed E-state index contributed by atoms with van der Waals surface area (Å²) >= 11 is 0. The standard InChI is InChI=1S/C38H33NO6/c1-23(35(40)26-14-18-30(19-15-26)44-22-24-8-4-2-5-9-24)45-38(43)27-12-16-29(17-13-27)39-36(41)33-28-20-31(25-10-6-3-7-11-25)32(21-28)34(33)37(39)42/h2-19,23,28,31-34H,20-22H2,1H3/t23-,28-,31-,32-,33-,34+/m1/s1. The Balaban J connectivity index is 0.969. The van der Waals surface area contributed by atoms with Crippen molar-refractivity contribution in [3.05, 3.63) is 131 Å². The van der Waals surface area contributed by atoms with E-state index in [4.69, 9.17) is 9.47 Å². The summed E-state index contributed by atoms with van der Waals surface area (Å²) in [5, 5.41) is 0. The molecule has 0 aromatic heterocycles. The van der Waals surface area contributed by atoms with Crippen LogP contribution < -0.4 is 9.64 Å². The summed E-state index contributed by atoms with van der Waals surface area (Å²) in [4.78, 5) is 54.3. The molecule has 2 aliphatic carbocycles. The highest BCUT2D eigenvalue weighted by molar-refractivity contribution is 6.22. The minimum Gasteiger partial charge on any atom is -0.489 e. The van der Waals surface area contributed by atoms with Gasteiger partial charge in [0.25, 0.3) is 0 Å². The van der Waals surface area contributed by atoms with Crippen molar-refractivity contribution in [1.29, 1.82) is 0 Å². The van der Waals surface area contributed by atoms with Gasteiger partial charge in [0.1, 0.15) is 12.4 Å². The van der Waals surface area contributed by atoms with Crippen molar-refractivity contribution < 1.29 is 28.7 Å². The number of ether oxygens (including phenoxy) is 2. The monoisotopic (exact) mass is 599 g/mol. The lowest BCUT2D eigenvalue weighted by molar-refractivity contribution is -0.123. The molecule has 7 heteroatoms. The lowest BCUT2D eigenvalue weighted by Gasteiger charge is -2.28. The molecule has 0 radical (unpaired) electrons. The van der Waals surface area contributed by atoms with Crippen molar-refractivity contribution >= 4 is 29.3 Å². The molecule has 1 saturated heterocycles. The Morgan fingerprint density at radius 3 is 2.07 bits per heavy atom. The third-order valence-electron chi connectivity index (χ3n) is 9.64. The summed E-state index contributed by atoms with van der Waals surface area (Å²) in [5.74, 6) is -0.578. The van der Waals surface area contributed by atoms with Gasteiger partial charge in [-0.15, -0.1) is 0 Å². The van der Waals surface area contributed by atoms with E-state index >= 15 is 0 Å². The van der Waals surface area contributed by atoms with Gasteiger partial charge >= 0.3 is 5.97 Å². The SMILES string of the molecule is C[C@@H](OC(=O)c1ccc(N2C(=O)[C@@H]3[C@H]4C[C@@H]([C@@H]3C2=O)[C@@H](c2ccccc2)C4)cc1)C(=O)c1ccc(OCc2ccccc2)cc1. The van der Waals surface area contributed by atoms with Gasteiger partial charge in [0, 0.05) is 5.56 Å². The zero-order valence-corrected chi connectivity index (χ0v) is 24.9. The van der Waals surface area contributed by atoms with Crippen LogP contribution in [0.3, 0.4) is 0 Å². The largest absolute Gasteiger partial charge is 0.489 e. The molecule has 3 fully saturated rings. The first-order valence-corrected chi connectivity index (χ1v) is 15.4. The number of Topliss-reactive ketones (excluding diaryl/α,β-unsaturated/α-hetero) is 1. The summed E-state index contributed by atoms with van der Waals surface area (Å²) < 4.78 is 11.3. The molecule has 1 heterocycles. The van der Waals surface area contributed by atoms with Gasteiger partial charge in [0.05, 0.1) is 23.1 Å². The number of rotatable bonds is 9. The highest BCUT2D eigenvalue weighted by Gasteiger charge is 2.64. The molecule has 0 spiro atoms. The van der Waals surface area contributed by atoms with Crippen molar-refractivity contribution in [3.63, 3.8) is 0 Å². The van der Waals surface area contributed by atoms with E-state index in [1.165, 1.54) is 29.5 Å². The fourth-order valence-electron chi connectivity index (χ4n) is 7.52. The van der Waals surface area contributed by atoms with Gasteiger partial charge in [-0.2, -0.15) is 0 Å². The molecule has 1 aliphatic heterocycles. The normalized spacial score (nSPS) is 23.9. The third kappa shape index (κ3) is 5.33. The second-order valence-corrected chi connectivity index (χ2v) is 12.2. The van der Waals surface area contributed by atoms with Crippen molar-refractivity contribution in [2.45, 2.75) is 38.4 Å². The molecule has 2 bridgehead atoms. The Hall–Kier alpha value is -5.04. The van der Waals surface area contributed by atoms with Crippen molar-refractivity contribution in [2.24, 2.45) is 23.7 Å². The molecule has 7 rings (SSSR count). The number of imide groups is 1.